The topological polar surface area (TPSA) is 57.6 Å². The molecule has 0 spiro atoms. The highest BCUT2D eigenvalue weighted by atomic mass is 16.4. The van der Waals surface area contributed by atoms with Crippen LogP contribution in [0.25, 0.3) is 0 Å². The van der Waals surface area contributed by atoms with Crippen molar-refractivity contribution in [3.8, 4) is 0 Å². The van der Waals surface area contributed by atoms with Crippen LogP contribution >= 0.6 is 0 Å². The lowest BCUT2D eigenvalue weighted by atomic mass is 9.82. The van der Waals surface area contributed by atoms with E-state index in [2.05, 4.69) is 19.9 Å². The van der Waals surface area contributed by atoms with E-state index in [0.29, 0.717) is 0 Å². The average molecular weight is 293 g/mol. The lowest BCUT2D eigenvalue weighted by Gasteiger charge is -2.31. The van der Waals surface area contributed by atoms with E-state index in [0.717, 1.165) is 45.2 Å². The second-order valence-electron chi connectivity index (χ2n) is 6.37. The molecule has 21 heavy (non-hydrogen) atoms. The molecular formula is C17H27NO3. The Labute approximate surface area is 127 Å². The molecule has 2 aliphatic rings. The van der Waals surface area contributed by atoms with Crippen LogP contribution in [0.5, 0.6) is 0 Å². The van der Waals surface area contributed by atoms with Crippen LogP contribution in [-0.4, -0.2) is 35.0 Å². The smallest absolute Gasteiger partial charge is 0.307 e. The summed E-state index contributed by atoms with van der Waals surface area (Å²) < 4.78 is 0. The largest absolute Gasteiger partial charge is 0.481 e. The van der Waals surface area contributed by atoms with Crippen molar-refractivity contribution in [2.75, 3.05) is 13.1 Å². The molecule has 1 saturated carbocycles. The molecule has 4 heteroatoms. The van der Waals surface area contributed by atoms with Gasteiger partial charge in [-0.1, -0.05) is 38.8 Å². The fraction of sp³-hybridized carbons (Fsp3) is 0.765. The third-order valence-electron chi connectivity index (χ3n) is 4.90. The molecule has 0 aromatic heterocycles. The summed E-state index contributed by atoms with van der Waals surface area (Å²) >= 11 is 0. The number of carboxylic acid groups (broad SMARTS) is 1. The van der Waals surface area contributed by atoms with Gasteiger partial charge in [-0.05, 0) is 31.1 Å². The molecule has 0 aliphatic heterocycles. The van der Waals surface area contributed by atoms with Crippen molar-refractivity contribution in [2.24, 2.45) is 23.7 Å². The standard InChI is InChI=1S/C17H27NO3/c1-3-5-9-18(10-6-4-2)16(19)14-12-7-8-13(11-12)15(14)17(20)21/h7-8,12-15H,3-6,9-11H2,1-2H3,(H,20,21)/t12-,13-,14-,15+/m0/s1. The maximum absolute atomic E-state index is 12.9. The van der Waals surface area contributed by atoms with E-state index in [-0.39, 0.29) is 23.7 Å². The number of fused-ring (bicyclic) bond motifs is 2. The minimum atomic E-state index is -0.809. The molecule has 2 aliphatic carbocycles. The van der Waals surface area contributed by atoms with Crippen LogP contribution in [0, 0.1) is 23.7 Å². The quantitative estimate of drug-likeness (QED) is 0.700. The van der Waals surface area contributed by atoms with Gasteiger partial charge in [-0.3, -0.25) is 9.59 Å². The summed E-state index contributed by atoms with van der Waals surface area (Å²) in [4.78, 5) is 26.4. The Hall–Kier alpha value is -1.32. The van der Waals surface area contributed by atoms with Crippen molar-refractivity contribution in [3.05, 3.63) is 12.2 Å². The lowest BCUT2D eigenvalue weighted by Crippen LogP contribution is -2.43. The summed E-state index contributed by atoms with van der Waals surface area (Å²) in [5, 5.41) is 9.48. The Morgan fingerprint density at radius 2 is 1.57 bits per heavy atom. The molecule has 4 atom stereocenters. The highest BCUT2D eigenvalue weighted by Crippen LogP contribution is 2.48. The minimum absolute atomic E-state index is 0.0562. The van der Waals surface area contributed by atoms with Gasteiger partial charge in [0.05, 0.1) is 11.8 Å². The van der Waals surface area contributed by atoms with Crippen molar-refractivity contribution >= 4 is 11.9 Å². The van der Waals surface area contributed by atoms with Crippen LogP contribution in [0.1, 0.15) is 46.0 Å². The Kier molecular flexibility index (Phi) is 5.43. The fourth-order valence-corrected chi connectivity index (χ4v) is 3.74. The normalized spacial score (nSPS) is 29.8. The molecule has 0 aromatic carbocycles. The number of hydrogen-bond donors (Lipinski definition) is 1. The number of allylic oxidation sites excluding steroid dienone is 2. The van der Waals surface area contributed by atoms with Gasteiger partial charge in [0.2, 0.25) is 5.91 Å². The van der Waals surface area contributed by atoms with Crippen LogP contribution in [-0.2, 0) is 9.59 Å². The van der Waals surface area contributed by atoms with Crippen LogP contribution in [0.3, 0.4) is 0 Å². The van der Waals surface area contributed by atoms with Crippen molar-refractivity contribution in [2.45, 2.75) is 46.0 Å². The highest BCUT2D eigenvalue weighted by molar-refractivity contribution is 5.87. The van der Waals surface area contributed by atoms with Gasteiger partial charge in [0.1, 0.15) is 0 Å². The van der Waals surface area contributed by atoms with E-state index in [1.807, 2.05) is 11.0 Å². The maximum atomic E-state index is 12.9. The Morgan fingerprint density at radius 3 is 2.05 bits per heavy atom. The zero-order valence-electron chi connectivity index (χ0n) is 13.1. The minimum Gasteiger partial charge on any atom is -0.481 e. The van der Waals surface area contributed by atoms with Crippen LogP contribution in [0.15, 0.2) is 12.2 Å². The summed E-state index contributed by atoms with van der Waals surface area (Å²) in [5.74, 6) is -1.41. The first-order chi connectivity index (χ1) is 10.1. The molecule has 1 N–H and O–H groups in total. The number of carboxylic acids is 1. The molecule has 2 rings (SSSR count). The second kappa shape index (κ2) is 7.10. The number of unbranched alkanes of at least 4 members (excludes halogenated alkanes) is 2. The highest BCUT2D eigenvalue weighted by Gasteiger charge is 2.52. The van der Waals surface area contributed by atoms with Crippen LogP contribution in [0.2, 0.25) is 0 Å². The molecule has 0 saturated heterocycles. The van der Waals surface area contributed by atoms with Gasteiger partial charge in [-0.25, -0.2) is 0 Å². The molecule has 0 radical (unpaired) electrons. The Morgan fingerprint density at radius 1 is 1.05 bits per heavy atom. The third kappa shape index (κ3) is 3.30. The van der Waals surface area contributed by atoms with Gasteiger partial charge in [0.15, 0.2) is 0 Å². The number of carbonyl (C=O) groups excluding carboxylic acids is 1. The average Bonchev–Trinajstić information content (AvgIpc) is 3.07. The molecular weight excluding hydrogens is 266 g/mol. The first kappa shape index (κ1) is 16.1. The third-order valence-corrected chi connectivity index (χ3v) is 4.90. The number of carbonyl (C=O) groups is 2. The summed E-state index contributed by atoms with van der Waals surface area (Å²) in [6.45, 7) is 5.75. The summed E-state index contributed by atoms with van der Waals surface area (Å²) in [6.07, 6.45) is 8.97. The fourth-order valence-electron chi connectivity index (χ4n) is 3.74. The van der Waals surface area contributed by atoms with E-state index >= 15 is 0 Å². The molecule has 0 heterocycles. The Balaban J connectivity index is 2.11. The van der Waals surface area contributed by atoms with Crippen LogP contribution < -0.4 is 0 Å². The van der Waals surface area contributed by atoms with Gasteiger partial charge >= 0.3 is 5.97 Å². The van der Waals surface area contributed by atoms with Gasteiger partial charge in [-0.2, -0.15) is 0 Å². The van der Waals surface area contributed by atoms with Crippen molar-refractivity contribution in [3.63, 3.8) is 0 Å². The molecule has 4 nitrogen and oxygen atoms in total. The predicted molar refractivity (Wildman–Crippen MR) is 81.7 cm³/mol. The Bertz CT molecular complexity index is 410. The molecule has 0 unspecified atom stereocenters. The van der Waals surface area contributed by atoms with E-state index in [1.165, 1.54) is 0 Å². The van der Waals surface area contributed by atoms with Gasteiger partial charge < -0.3 is 10.0 Å². The van der Waals surface area contributed by atoms with Gasteiger partial charge in [0, 0.05) is 13.1 Å². The molecule has 1 amide bonds. The number of rotatable bonds is 8. The molecule has 118 valence electrons. The van der Waals surface area contributed by atoms with E-state index < -0.39 is 11.9 Å². The van der Waals surface area contributed by atoms with Gasteiger partial charge in [0.25, 0.3) is 0 Å². The SMILES string of the molecule is CCCCN(CCCC)C(=O)[C@@H]1[C@H](C(=O)O)[C@H]2C=C[C@H]1C2. The van der Waals surface area contributed by atoms with Gasteiger partial charge in [-0.15, -0.1) is 0 Å². The van der Waals surface area contributed by atoms with Crippen LogP contribution in [0.4, 0.5) is 0 Å². The zero-order chi connectivity index (χ0) is 15.4. The van der Waals surface area contributed by atoms with Crippen molar-refractivity contribution in [1.29, 1.82) is 0 Å². The molecule has 1 fully saturated rings. The first-order valence-corrected chi connectivity index (χ1v) is 8.30. The summed E-state index contributed by atoms with van der Waals surface area (Å²) in [7, 11) is 0. The number of amides is 1. The zero-order valence-corrected chi connectivity index (χ0v) is 13.1. The molecule has 2 bridgehead atoms. The number of nitrogens with zero attached hydrogens (tertiary/aromatic N) is 1. The first-order valence-electron chi connectivity index (χ1n) is 8.30. The number of hydrogen-bond acceptors (Lipinski definition) is 2. The van der Waals surface area contributed by atoms with E-state index in [1.54, 1.807) is 0 Å². The van der Waals surface area contributed by atoms with E-state index in [4.69, 9.17) is 0 Å². The second-order valence-corrected chi connectivity index (χ2v) is 6.37. The van der Waals surface area contributed by atoms with Crippen molar-refractivity contribution in [1.82, 2.24) is 4.90 Å². The molecule has 0 aromatic rings. The summed E-state index contributed by atoms with van der Waals surface area (Å²) in [6, 6.07) is 0. The maximum Gasteiger partial charge on any atom is 0.307 e. The predicted octanol–water partition coefficient (Wildman–Crippen LogP) is 2.94. The number of aliphatic carboxylic acids is 1. The van der Waals surface area contributed by atoms with Crippen molar-refractivity contribution < 1.29 is 14.7 Å². The lowest BCUT2D eigenvalue weighted by molar-refractivity contribution is -0.151. The van der Waals surface area contributed by atoms with E-state index in [9.17, 15) is 14.7 Å². The monoisotopic (exact) mass is 293 g/mol. The summed E-state index contributed by atoms with van der Waals surface area (Å²) in [5.41, 5.74) is 0.